The van der Waals surface area contributed by atoms with Crippen LogP contribution in [0.2, 0.25) is 0 Å². The van der Waals surface area contributed by atoms with Gasteiger partial charge >= 0.3 is 0 Å². The van der Waals surface area contributed by atoms with Crippen molar-refractivity contribution in [2.24, 2.45) is 0 Å². The molecule has 0 radical (unpaired) electrons. The fourth-order valence-corrected chi connectivity index (χ4v) is 1.74. The van der Waals surface area contributed by atoms with Gasteiger partial charge in [-0.1, -0.05) is 6.07 Å². The average Bonchev–Trinajstić information content (AvgIpc) is 2.16. The third-order valence-corrected chi connectivity index (χ3v) is 2.74. The van der Waals surface area contributed by atoms with Gasteiger partial charge in [0, 0.05) is 19.0 Å². The highest BCUT2D eigenvalue weighted by Crippen LogP contribution is 2.31. The highest BCUT2D eigenvalue weighted by Gasteiger charge is 2.20. The molecule has 1 fully saturated rings. The van der Waals surface area contributed by atoms with Gasteiger partial charge in [0.2, 0.25) is 0 Å². The number of nitrogens with one attached hydrogen (secondary N) is 1. The predicted octanol–water partition coefficient (Wildman–Crippen LogP) is 2.20. The fourth-order valence-electron chi connectivity index (χ4n) is 1.74. The van der Waals surface area contributed by atoms with E-state index in [2.05, 4.69) is 17.4 Å². The van der Waals surface area contributed by atoms with E-state index < -0.39 is 0 Å². The molecule has 16 heavy (non-hydrogen) atoms. The number of halogens is 1. The van der Waals surface area contributed by atoms with Gasteiger partial charge in [-0.25, -0.2) is 0 Å². The van der Waals surface area contributed by atoms with Crippen molar-refractivity contribution in [3.63, 3.8) is 0 Å². The Labute approximate surface area is 103 Å². The quantitative estimate of drug-likeness (QED) is 0.880. The highest BCUT2D eigenvalue weighted by atomic mass is 35.5. The van der Waals surface area contributed by atoms with Gasteiger partial charge in [-0.05, 0) is 24.6 Å². The molecule has 0 unspecified atom stereocenters. The van der Waals surface area contributed by atoms with Crippen molar-refractivity contribution in [1.82, 2.24) is 5.32 Å². The van der Waals surface area contributed by atoms with Crippen LogP contribution in [0.5, 0.6) is 11.5 Å². The third-order valence-electron chi connectivity index (χ3n) is 2.74. The summed E-state index contributed by atoms with van der Waals surface area (Å²) in [4.78, 5) is 0. The minimum absolute atomic E-state index is 0. The van der Waals surface area contributed by atoms with Crippen LogP contribution in [0, 0.1) is 0 Å². The van der Waals surface area contributed by atoms with E-state index >= 15 is 0 Å². The first kappa shape index (κ1) is 13.1. The lowest BCUT2D eigenvalue weighted by molar-refractivity contribution is 0.309. The number of ether oxygens (including phenoxy) is 2. The van der Waals surface area contributed by atoms with E-state index in [1.54, 1.807) is 7.11 Å². The predicted molar refractivity (Wildman–Crippen MR) is 67.0 cm³/mol. The van der Waals surface area contributed by atoms with E-state index in [1.165, 1.54) is 5.56 Å². The molecule has 1 aromatic rings. The number of methoxy groups -OCH3 is 1. The maximum absolute atomic E-state index is 5.54. The Morgan fingerprint density at radius 3 is 2.56 bits per heavy atom. The first-order valence-electron chi connectivity index (χ1n) is 5.36. The number of hydrogen-bond donors (Lipinski definition) is 1. The second kappa shape index (κ2) is 5.97. The lowest BCUT2D eigenvalue weighted by atomic mass is 9.93. The Kier molecular flexibility index (Phi) is 4.90. The van der Waals surface area contributed by atoms with Gasteiger partial charge in [0.05, 0.1) is 13.7 Å². The third kappa shape index (κ3) is 2.60. The number of hydrogen-bond acceptors (Lipinski definition) is 3. The monoisotopic (exact) mass is 243 g/mol. The molecular weight excluding hydrogens is 226 g/mol. The summed E-state index contributed by atoms with van der Waals surface area (Å²) in [6.07, 6.45) is 0. The Morgan fingerprint density at radius 1 is 1.31 bits per heavy atom. The van der Waals surface area contributed by atoms with Crippen LogP contribution in [-0.2, 0) is 0 Å². The SMILES string of the molecule is CCOc1cc(C2CNC2)ccc1OC.Cl. The molecule has 3 nitrogen and oxygen atoms in total. The minimum Gasteiger partial charge on any atom is -0.493 e. The standard InChI is InChI=1S/C12H17NO2.ClH/c1-3-15-12-6-9(10-7-13-8-10)4-5-11(12)14-2;/h4-6,10,13H,3,7-8H2,1-2H3;1H. The van der Waals surface area contributed by atoms with Crippen molar-refractivity contribution < 1.29 is 9.47 Å². The zero-order chi connectivity index (χ0) is 10.7. The van der Waals surface area contributed by atoms with Crippen molar-refractivity contribution in [3.05, 3.63) is 23.8 Å². The summed E-state index contributed by atoms with van der Waals surface area (Å²) in [7, 11) is 1.67. The molecule has 1 heterocycles. The second-order valence-corrected chi connectivity index (χ2v) is 3.70. The van der Waals surface area contributed by atoms with Crippen LogP contribution in [0.25, 0.3) is 0 Å². The molecule has 4 heteroatoms. The molecule has 1 aromatic carbocycles. The van der Waals surface area contributed by atoms with Gasteiger partial charge in [0.1, 0.15) is 0 Å². The molecule has 1 aliphatic heterocycles. The fraction of sp³-hybridized carbons (Fsp3) is 0.500. The molecule has 0 atom stereocenters. The Morgan fingerprint density at radius 2 is 2.06 bits per heavy atom. The van der Waals surface area contributed by atoms with Gasteiger partial charge < -0.3 is 14.8 Å². The van der Waals surface area contributed by atoms with Gasteiger partial charge in [-0.3, -0.25) is 0 Å². The highest BCUT2D eigenvalue weighted by molar-refractivity contribution is 5.85. The molecule has 0 spiro atoms. The van der Waals surface area contributed by atoms with Crippen LogP contribution >= 0.6 is 12.4 Å². The smallest absolute Gasteiger partial charge is 0.161 e. The minimum atomic E-state index is 0. The van der Waals surface area contributed by atoms with Crippen LogP contribution in [0.4, 0.5) is 0 Å². The summed E-state index contributed by atoms with van der Waals surface area (Å²) < 4.78 is 10.8. The Balaban J connectivity index is 0.00000128. The summed E-state index contributed by atoms with van der Waals surface area (Å²) in [5.41, 5.74) is 1.33. The van der Waals surface area contributed by atoms with Gasteiger partial charge in [-0.15, -0.1) is 12.4 Å². The van der Waals surface area contributed by atoms with Crippen LogP contribution < -0.4 is 14.8 Å². The maximum Gasteiger partial charge on any atom is 0.161 e. The topological polar surface area (TPSA) is 30.5 Å². The molecule has 0 aliphatic carbocycles. The molecule has 0 bridgehead atoms. The van der Waals surface area contributed by atoms with E-state index in [0.29, 0.717) is 12.5 Å². The summed E-state index contributed by atoms with van der Waals surface area (Å²) in [5.74, 6) is 2.30. The zero-order valence-electron chi connectivity index (χ0n) is 9.66. The van der Waals surface area contributed by atoms with Crippen LogP contribution in [-0.4, -0.2) is 26.8 Å². The van der Waals surface area contributed by atoms with Crippen molar-refractivity contribution in [2.75, 3.05) is 26.8 Å². The van der Waals surface area contributed by atoms with Crippen LogP contribution in [0.3, 0.4) is 0 Å². The van der Waals surface area contributed by atoms with E-state index in [0.717, 1.165) is 24.6 Å². The normalized spacial score (nSPS) is 14.9. The summed E-state index contributed by atoms with van der Waals surface area (Å²) in [5, 5.41) is 3.27. The first-order chi connectivity index (χ1) is 7.35. The van der Waals surface area contributed by atoms with E-state index in [4.69, 9.17) is 9.47 Å². The molecule has 2 rings (SSSR count). The second-order valence-electron chi connectivity index (χ2n) is 3.70. The van der Waals surface area contributed by atoms with Crippen molar-refractivity contribution in [2.45, 2.75) is 12.8 Å². The van der Waals surface area contributed by atoms with Gasteiger partial charge in [0.25, 0.3) is 0 Å². The molecule has 0 amide bonds. The largest absolute Gasteiger partial charge is 0.493 e. The van der Waals surface area contributed by atoms with Crippen molar-refractivity contribution >= 4 is 12.4 Å². The van der Waals surface area contributed by atoms with E-state index in [1.807, 2.05) is 13.0 Å². The molecular formula is C12H18ClNO2. The maximum atomic E-state index is 5.54. The summed E-state index contributed by atoms with van der Waals surface area (Å²) >= 11 is 0. The van der Waals surface area contributed by atoms with Crippen molar-refractivity contribution in [3.8, 4) is 11.5 Å². The first-order valence-corrected chi connectivity index (χ1v) is 5.36. The van der Waals surface area contributed by atoms with Gasteiger partial charge in [-0.2, -0.15) is 0 Å². The number of rotatable bonds is 4. The number of benzene rings is 1. The van der Waals surface area contributed by atoms with Crippen LogP contribution in [0.1, 0.15) is 18.4 Å². The lowest BCUT2D eigenvalue weighted by Crippen LogP contribution is -2.39. The van der Waals surface area contributed by atoms with E-state index in [-0.39, 0.29) is 12.4 Å². The van der Waals surface area contributed by atoms with E-state index in [9.17, 15) is 0 Å². The zero-order valence-corrected chi connectivity index (χ0v) is 10.5. The molecule has 1 N–H and O–H groups in total. The average molecular weight is 244 g/mol. The molecule has 0 saturated carbocycles. The van der Waals surface area contributed by atoms with Gasteiger partial charge in [0.15, 0.2) is 11.5 Å². The van der Waals surface area contributed by atoms with Crippen LogP contribution in [0.15, 0.2) is 18.2 Å². The molecule has 90 valence electrons. The molecule has 0 aromatic heterocycles. The molecule has 1 saturated heterocycles. The summed E-state index contributed by atoms with van der Waals surface area (Å²) in [6.45, 7) is 4.79. The summed E-state index contributed by atoms with van der Waals surface area (Å²) in [6, 6.07) is 6.19. The Hall–Kier alpha value is -0.930. The Bertz CT molecular complexity index is 340. The lowest BCUT2D eigenvalue weighted by Gasteiger charge is -2.28. The van der Waals surface area contributed by atoms with Crippen molar-refractivity contribution in [1.29, 1.82) is 0 Å². The molecule has 1 aliphatic rings.